The van der Waals surface area contributed by atoms with Crippen LogP contribution in [0.15, 0.2) is 48.5 Å². The Labute approximate surface area is 205 Å². The van der Waals surface area contributed by atoms with Crippen molar-refractivity contribution in [3.05, 3.63) is 64.1 Å². The van der Waals surface area contributed by atoms with Crippen molar-refractivity contribution in [1.82, 2.24) is 9.80 Å². The van der Waals surface area contributed by atoms with Crippen molar-refractivity contribution in [3.8, 4) is 5.75 Å². The smallest absolute Gasteiger partial charge is 0.253 e. The maximum Gasteiger partial charge on any atom is 0.253 e. The maximum atomic E-state index is 13.2. The Morgan fingerprint density at radius 2 is 1.42 bits per heavy atom. The molecule has 5 nitrogen and oxygen atoms in total. The lowest BCUT2D eigenvalue weighted by atomic mass is 9.77. The van der Waals surface area contributed by atoms with E-state index in [0.717, 1.165) is 38.8 Å². The molecular weight excluding hydrogens is 459 g/mol. The summed E-state index contributed by atoms with van der Waals surface area (Å²) in [4.78, 5) is 30.3. The van der Waals surface area contributed by atoms with E-state index in [1.165, 1.54) is 6.42 Å². The molecule has 176 valence electrons. The minimum Gasteiger partial charge on any atom is -0.493 e. The number of halogens is 2. The minimum absolute atomic E-state index is 0.0346. The fourth-order valence-corrected chi connectivity index (χ4v) is 5.06. The molecule has 33 heavy (non-hydrogen) atoms. The number of carbonyl (C=O) groups is 2. The van der Waals surface area contributed by atoms with Gasteiger partial charge in [-0.1, -0.05) is 23.2 Å². The van der Waals surface area contributed by atoms with Crippen LogP contribution in [0.2, 0.25) is 10.0 Å². The first-order chi connectivity index (χ1) is 15.9. The fraction of sp³-hybridized carbons (Fsp3) is 0.462. The van der Waals surface area contributed by atoms with Gasteiger partial charge in [0.25, 0.3) is 5.91 Å². The van der Waals surface area contributed by atoms with Gasteiger partial charge in [0.15, 0.2) is 0 Å². The quantitative estimate of drug-likeness (QED) is 0.523. The maximum absolute atomic E-state index is 13.2. The number of nitrogens with zero attached hydrogens (tertiary/aromatic N) is 2. The van der Waals surface area contributed by atoms with Crippen molar-refractivity contribution in [2.45, 2.75) is 38.5 Å². The van der Waals surface area contributed by atoms with E-state index in [-0.39, 0.29) is 11.8 Å². The molecule has 2 fully saturated rings. The van der Waals surface area contributed by atoms with Gasteiger partial charge in [-0.25, -0.2) is 0 Å². The number of benzene rings is 2. The minimum atomic E-state index is -0.436. The van der Waals surface area contributed by atoms with Gasteiger partial charge in [0.2, 0.25) is 5.91 Å². The van der Waals surface area contributed by atoms with Gasteiger partial charge in [-0.15, -0.1) is 0 Å². The molecule has 2 saturated heterocycles. The number of hydrogen-bond donors (Lipinski definition) is 0. The second-order valence-electron chi connectivity index (χ2n) is 9.20. The first-order valence-electron chi connectivity index (χ1n) is 11.7. The van der Waals surface area contributed by atoms with Crippen molar-refractivity contribution in [2.24, 2.45) is 5.41 Å². The highest BCUT2D eigenvalue weighted by atomic mass is 35.5. The molecule has 0 saturated carbocycles. The number of likely N-dealkylation sites (tertiary alicyclic amines) is 2. The van der Waals surface area contributed by atoms with Gasteiger partial charge >= 0.3 is 0 Å². The van der Waals surface area contributed by atoms with Crippen LogP contribution in [0.3, 0.4) is 0 Å². The van der Waals surface area contributed by atoms with Gasteiger partial charge in [0.1, 0.15) is 5.75 Å². The van der Waals surface area contributed by atoms with E-state index in [4.69, 9.17) is 27.9 Å². The van der Waals surface area contributed by atoms with Crippen molar-refractivity contribution in [3.63, 3.8) is 0 Å². The lowest BCUT2D eigenvalue weighted by molar-refractivity contribution is -0.136. The highest BCUT2D eigenvalue weighted by molar-refractivity contribution is 6.30. The molecule has 0 aromatic heterocycles. The van der Waals surface area contributed by atoms with Gasteiger partial charge < -0.3 is 14.5 Å². The molecule has 2 aromatic carbocycles. The summed E-state index contributed by atoms with van der Waals surface area (Å²) >= 11 is 12.0. The first kappa shape index (κ1) is 23.9. The monoisotopic (exact) mass is 488 g/mol. The van der Waals surface area contributed by atoms with Crippen molar-refractivity contribution in [2.75, 3.05) is 32.8 Å². The SMILES string of the molecule is O=C(C[C@@]1(COc2ccc(Cl)cc2)CCCN(C(=O)c2ccc(Cl)cc2)C1)N1CCCCC1. The summed E-state index contributed by atoms with van der Waals surface area (Å²) < 4.78 is 6.16. The van der Waals surface area contributed by atoms with Gasteiger partial charge in [-0.2, -0.15) is 0 Å². The molecule has 2 aromatic rings. The average Bonchev–Trinajstić information content (AvgIpc) is 2.84. The van der Waals surface area contributed by atoms with E-state index in [0.29, 0.717) is 47.5 Å². The fourth-order valence-electron chi connectivity index (χ4n) is 4.81. The van der Waals surface area contributed by atoms with E-state index in [2.05, 4.69) is 0 Å². The van der Waals surface area contributed by atoms with Crippen LogP contribution in [0, 0.1) is 5.41 Å². The van der Waals surface area contributed by atoms with Crippen LogP contribution in [-0.4, -0.2) is 54.4 Å². The second kappa shape index (κ2) is 10.8. The third kappa shape index (κ3) is 6.21. The Morgan fingerprint density at radius 1 is 0.818 bits per heavy atom. The van der Waals surface area contributed by atoms with Gasteiger partial charge in [-0.05, 0) is 80.6 Å². The lowest BCUT2D eigenvalue weighted by Gasteiger charge is -2.43. The molecule has 0 bridgehead atoms. The van der Waals surface area contributed by atoms with E-state index in [1.807, 2.05) is 21.9 Å². The Balaban J connectivity index is 1.52. The predicted octanol–water partition coefficient (Wildman–Crippen LogP) is 5.70. The summed E-state index contributed by atoms with van der Waals surface area (Å²) in [6.45, 7) is 3.17. The van der Waals surface area contributed by atoms with Crippen LogP contribution in [0.1, 0.15) is 48.9 Å². The number of amides is 2. The summed E-state index contributed by atoms with van der Waals surface area (Å²) in [5.74, 6) is 0.841. The summed E-state index contributed by atoms with van der Waals surface area (Å²) in [5, 5.41) is 1.25. The Kier molecular flexibility index (Phi) is 7.82. The summed E-state index contributed by atoms with van der Waals surface area (Å²) in [5.41, 5.74) is 0.172. The molecule has 0 radical (unpaired) electrons. The third-order valence-electron chi connectivity index (χ3n) is 6.63. The highest BCUT2D eigenvalue weighted by Gasteiger charge is 2.41. The Bertz CT molecular complexity index is 959. The van der Waals surface area contributed by atoms with Crippen LogP contribution >= 0.6 is 23.2 Å². The average molecular weight is 489 g/mol. The molecule has 1 atom stereocenters. The molecule has 4 rings (SSSR count). The second-order valence-corrected chi connectivity index (χ2v) is 10.1. The predicted molar refractivity (Wildman–Crippen MR) is 131 cm³/mol. The van der Waals surface area contributed by atoms with Gasteiger partial charge in [-0.3, -0.25) is 9.59 Å². The van der Waals surface area contributed by atoms with E-state index in [1.54, 1.807) is 36.4 Å². The zero-order valence-corrected chi connectivity index (χ0v) is 20.3. The Hall–Kier alpha value is -2.24. The van der Waals surface area contributed by atoms with Crippen molar-refractivity contribution in [1.29, 1.82) is 0 Å². The molecular formula is C26H30Cl2N2O3. The number of ether oxygens (including phenoxy) is 1. The zero-order chi connectivity index (χ0) is 23.3. The number of piperidine rings is 2. The molecule has 0 N–H and O–H groups in total. The third-order valence-corrected chi connectivity index (χ3v) is 7.14. The number of hydrogen-bond acceptors (Lipinski definition) is 3. The van der Waals surface area contributed by atoms with Crippen LogP contribution in [0.25, 0.3) is 0 Å². The molecule has 2 heterocycles. The molecule has 0 spiro atoms. The van der Waals surface area contributed by atoms with Crippen molar-refractivity contribution >= 4 is 35.0 Å². The standard InChI is InChI=1S/C26H30Cl2N2O3/c27-21-7-5-20(6-8-21)25(32)30-16-4-13-26(18-30,17-24(31)29-14-2-1-3-15-29)19-33-23-11-9-22(28)10-12-23/h5-12H,1-4,13-19H2/t26-/m0/s1. The summed E-state index contributed by atoms with van der Waals surface area (Å²) in [7, 11) is 0. The zero-order valence-electron chi connectivity index (χ0n) is 18.8. The molecule has 2 amide bonds. The van der Waals surface area contributed by atoms with Crippen LogP contribution in [-0.2, 0) is 4.79 Å². The molecule has 2 aliphatic heterocycles. The first-order valence-corrected chi connectivity index (χ1v) is 12.4. The number of rotatable bonds is 6. The topological polar surface area (TPSA) is 49.9 Å². The van der Waals surface area contributed by atoms with Crippen LogP contribution in [0.5, 0.6) is 5.75 Å². The van der Waals surface area contributed by atoms with Crippen LogP contribution < -0.4 is 4.74 Å². The lowest BCUT2D eigenvalue weighted by Crippen LogP contribution is -2.51. The van der Waals surface area contributed by atoms with Gasteiger partial charge in [0, 0.05) is 53.6 Å². The molecule has 0 aliphatic carbocycles. The Morgan fingerprint density at radius 3 is 2.09 bits per heavy atom. The molecule has 7 heteroatoms. The van der Waals surface area contributed by atoms with E-state index in [9.17, 15) is 9.59 Å². The highest BCUT2D eigenvalue weighted by Crippen LogP contribution is 2.36. The van der Waals surface area contributed by atoms with Crippen molar-refractivity contribution < 1.29 is 14.3 Å². The summed E-state index contributed by atoms with van der Waals surface area (Å²) in [6, 6.07) is 14.2. The molecule has 2 aliphatic rings. The normalized spacial score (nSPS) is 21.0. The molecule has 0 unspecified atom stereocenters. The van der Waals surface area contributed by atoms with Crippen LogP contribution in [0.4, 0.5) is 0 Å². The van der Waals surface area contributed by atoms with E-state index < -0.39 is 5.41 Å². The van der Waals surface area contributed by atoms with Gasteiger partial charge in [0.05, 0.1) is 6.61 Å². The van der Waals surface area contributed by atoms with E-state index >= 15 is 0 Å². The largest absolute Gasteiger partial charge is 0.493 e. The summed E-state index contributed by atoms with van der Waals surface area (Å²) in [6.07, 6.45) is 5.34. The number of carbonyl (C=O) groups excluding carboxylic acids is 2.